The number of methoxy groups -OCH3 is 1. The van der Waals surface area contributed by atoms with Crippen LogP contribution in [0.4, 0.5) is 0 Å². The molecule has 0 bridgehead atoms. The lowest BCUT2D eigenvalue weighted by atomic mass is 10.1. The first-order valence-corrected chi connectivity index (χ1v) is 9.88. The van der Waals surface area contributed by atoms with Gasteiger partial charge in [0, 0.05) is 11.8 Å². The van der Waals surface area contributed by atoms with Gasteiger partial charge in [-0.25, -0.2) is 0 Å². The molecule has 0 unspecified atom stereocenters. The molecule has 2 aromatic carbocycles. The summed E-state index contributed by atoms with van der Waals surface area (Å²) < 4.78 is 17.4. The largest absolute Gasteiger partial charge is 0.496 e. The lowest BCUT2D eigenvalue weighted by molar-refractivity contribution is -0.0141. The molecule has 1 aromatic heterocycles. The Balaban J connectivity index is 1.53. The van der Waals surface area contributed by atoms with Crippen molar-refractivity contribution in [1.82, 2.24) is 9.88 Å². The monoisotopic (exact) mass is 418 g/mol. The highest BCUT2D eigenvalue weighted by Crippen LogP contribution is 2.32. The minimum absolute atomic E-state index is 0.203. The van der Waals surface area contributed by atoms with E-state index in [2.05, 4.69) is 4.98 Å². The summed E-state index contributed by atoms with van der Waals surface area (Å²) >= 11 is 0. The lowest BCUT2D eigenvalue weighted by Crippen LogP contribution is -2.33. The van der Waals surface area contributed by atoms with Crippen LogP contribution in [0.15, 0.2) is 72.9 Å². The first kappa shape index (κ1) is 20.6. The predicted octanol–water partition coefficient (Wildman–Crippen LogP) is 3.52. The van der Waals surface area contributed by atoms with Crippen LogP contribution >= 0.6 is 0 Å². The number of ether oxygens (including phenoxy) is 3. The molecule has 4 rings (SSSR count). The Hall–Kier alpha value is -3.71. The maximum absolute atomic E-state index is 13.4. The smallest absolute Gasteiger partial charge is 0.260 e. The summed E-state index contributed by atoms with van der Waals surface area (Å²) in [5, 5.41) is 0. The van der Waals surface area contributed by atoms with Crippen molar-refractivity contribution in [3.8, 4) is 11.5 Å². The van der Waals surface area contributed by atoms with Gasteiger partial charge in [-0.15, -0.1) is 0 Å². The van der Waals surface area contributed by atoms with Crippen LogP contribution in [-0.4, -0.2) is 48.4 Å². The Morgan fingerprint density at radius 2 is 1.90 bits per heavy atom. The van der Waals surface area contributed by atoms with Crippen LogP contribution in [0.1, 0.15) is 32.6 Å². The van der Waals surface area contributed by atoms with Crippen molar-refractivity contribution in [3.63, 3.8) is 0 Å². The molecule has 1 saturated heterocycles. The second-order valence-corrected chi connectivity index (χ2v) is 7.02. The van der Waals surface area contributed by atoms with E-state index in [0.717, 1.165) is 6.29 Å². The molecular formula is C24H22N2O5. The third-order valence-corrected chi connectivity index (χ3v) is 5.00. The van der Waals surface area contributed by atoms with E-state index in [1.165, 1.54) is 7.11 Å². The van der Waals surface area contributed by atoms with Gasteiger partial charge in [0.05, 0.1) is 24.9 Å². The SMILES string of the molecule is COc1ccccc1C(=O)N1C[C@H](COc2ccc(C=O)cc2)O[C@H]1c1ccccn1. The van der Waals surface area contributed by atoms with Gasteiger partial charge in [0.1, 0.15) is 30.5 Å². The molecule has 0 spiro atoms. The van der Waals surface area contributed by atoms with Crippen LogP contribution in [0, 0.1) is 0 Å². The van der Waals surface area contributed by atoms with Crippen molar-refractivity contribution < 1.29 is 23.8 Å². The molecule has 3 aromatic rings. The van der Waals surface area contributed by atoms with Gasteiger partial charge in [-0.05, 0) is 48.5 Å². The number of aldehydes is 1. The highest BCUT2D eigenvalue weighted by atomic mass is 16.6. The number of rotatable bonds is 7. The average molecular weight is 418 g/mol. The molecule has 1 aliphatic rings. The molecule has 2 heterocycles. The predicted molar refractivity (Wildman–Crippen MR) is 113 cm³/mol. The van der Waals surface area contributed by atoms with Crippen molar-refractivity contribution in [2.75, 3.05) is 20.3 Å². The van der Waals surface area contributed by atoms with E-state index >= 15 is 0 Å². The molecule has 0 N–H and O–H groups in total. The normalized spacial score (nSPS) is 17.9. The molecule has 0 radical (unpaired) electrons. The van der Waals surface area contributed by atoms with E-state index in [1.54, 1.807) is 53.6 Å². The number of amides is 1. The molecule has 158 valence electrons. The second-order valence-electron chi connectivity index (χ2n) is 7.02. The number of hydrogen-bond acceptors (Lipinski definition) is 6. The fourth-order valence-corrected chi connectivity index (χ4v) is 3.45. The fraction of sp³-hybridized carbons (Fsp3) is 0.208. The van der Waals surface area contributed by atoms with E-state index in [9.17, 15) is 9.59 Å². The molecule has 1 aliphatic heterocycles. The number of carbonyl (C=O) groups excluding carboxylic acids is 2. The first-order valence-electron chi connectivity index (χ1n) is 9.88. The number of carbonyl (C=O) groups is 2. The number of nitrogens with zero attached hydrogens (tertiary/aromatic N) is 2. The van der Waals surface area contributed by atoms with Crippen molar-refractivity contribution in [1.29, 1.82) is 0 Å². The number of benzene rings is 2. The highest BCUT2D eigenvalue weighted by molar-refractivity contribution is 5.97. The summed E-state index contributed by atoms with van der Waals surface area (Å²) in [5.74, 6) is 0.922. The van der Waals surface area contributed by atoms with E-state index in [0.29, 0.717) is 34.9 Å². The molecule has 7 nitrogen and oxygen atoms in total. The highest BCUT2D eigenvalue weighted by Gasteiger charge is 2.39. The maximum atomic E-state index is 13.4. The molecule has 0 saturated carbocycles. The van der Waals surface area contributed by atoms with E-state index < -0.39 is 6.23 Å². The molecule has 0 aliphatic carbocycles. The van der Waals surface area contributed by atoms with Crippen molar-refractivity contribution in [3.05, 3.63) is 89.7 Å². The van der Waals surface area contributed by atoms with Crippen molar-refractivity contribution >= 4 is 12.2 Å². The van der Waals surface area contributed by atoms with E-state index in [4.69, 9.17) is 14.2 Å². The quantitative estimate of drug-likeness (QED) is 0.547. The Kier molecular flexibility index (Phi) is 6.24. The van der Waals surface area contributed by atoms with Gasteiger partial charge >= 0.3 is 0 Å². The van der Waals surface area contributed by atoms with Gasteiger partial charge in [-0.1, -0.05) is 18.2 Å². The van der Waals surface area contributed by atoms with Gasteiger partial charge in [0.15, 0.2) is 6.23 Å². The number of para-hydroxylation sites is 1. The Bertz CT molecular complexity index is 1040. The molecule has 7 heteroatoms. The minimum Gasteiger partial charge on any atom is -0.496 e. The van der Waals surface area contributed by atoms with Crippen molar-refractivity contribution in [2.24, 2.45) is 0 Å². The summed E-state index contributed by atoms with van der Waals surface area (Å²) in [7, 11) is 1.54. The summed E-state index contributed by atoms with van der Waals surface area (Å²) in [4.78, 5) is 30.2. The number of aromatic nitrogens is 1. The van der Waals surface area contributed by atoms with Crippen molar-refractivity contribution in [2.45, 2.75) is 12.3 Å². The third-order valence-electron chi connectivity index (χ3n) is 5.00. The zero-order chi connectivity index (χ0) is 21.6. The molecule has 1 fully saturated rings. The maximum Gasteiger partial charge on any atom is 0.260 e. The zero-order valence-corrected chi connectivity index (χ0v) is 17.0. The molecule has 2 atom stereocenters. The summed E-state index contributed by atoms with van der Waals surface area (Å²) in [6.45, 7) is 0.587. The lowest BCUT2D eigenvalue weighted by Gasteiger charge is -2.23. The van der Waals surface area contributed by atoms with Crippen LogP contribution in [0.25, 0.3) is 0 Å². The number of hydrogen-bond donors (Lipinski definition) is 0. The van der Waals surface area contributed by atoms with Gasteiger partial charge < -0.3 is 19.1 Å². The van der Waals surface area contributed by atoms with E-state index in [-0.39, 0.29) is 18.6 Å². The van der Waals surface area contributed by atoms with Crippen LogP contribution in [0.5, 0.6) is 11.5 Å². The molecule has 1 amide bonds. The molecular weight excluding hydrogens is 396 g/mol. The Morgan fingerprint density at radius 3 is 2.61 bits per heavy atom. The number of pyridine rings is 1. The summed E-state index contributed by atoms with van der Waals surface area (Å²) in [6, 6.07) is 19.4. The van der Waals surface area contributed by atoms with Gasteiger partial charge in [0.2, 0.25) is 0 Å². The Morgan fingerprint density at radius 1 is 1.13 bits per heavy atom. The first-order chi connectivity index (χ1) is 15.2. The topological polar surface area (TPSA) is 78.0 Å². The zero-order valence-electron chi connectivity index (χ0n) is 17.0. The van der Waals surface area contributed by atoms with Crippen LogP contribution < -0.4 is 9.47 Å². The second kappa shape index (κ2) is 9.40. The standard InChI is InChI=1S/C24H22N2O5/c1-29-22-8-3-2-6-20(22)23(28)26-14-19(31-24(26)21-7-4-5-13-25-21)16-30-18-11-9-17(15-27)10-12-18/h2-13,15,19,24H,14,16H2,1H3/t19-,24+/m1/s1. The third kappa shape index (κ3) is 4.57. The van der Waals surface area contributed by atoms with Gasteiger partial charge in [-0.2, -0.15) is 0 Å². The Labute approximate surface area is 180 Å². The van der Waals surface area contributed by atoms with E-state index in [1.807, 2.05) is 24.3 Å². The summed E-state index contributed by atoms with van der Waals surface area (Å²) in [5.41, 5.74) is 1.68. The summed E-state index contributed by atoms with van der Waals surface area (Å²) in [6.07, 6.45) is 1.46. The van der Waals surface area contributed by atoms with Crippen LogP contribution in [0.2, 0.25) is 0 Å². The minimum atomic E-state index is -0.635. The van der Waals surface area contributed by atoms with Gasteiger partial charge in [-0.3, -0.25) is 14.6 Å². The average Bonchev–Trinajstić information content (AvgIpc) is 3.27. The fourth-order valence-electron chi connectivity index (χ4n) is 3.45. The van der Waals surface area contributed by atoms with Gasteiger partial charge in [0.25, 0.3) is 5.91 Å². The van der Waals surface area contributed by atoms with Crippen LogP contribution in [0.3, 0.4) is 0 Å². The van der Waals surface area contributed by atoms with Crippen LogP contribution in [-0.2, 0) is 4.74 Å². The molecule has 31 heavy (non-hydrogen) atoms.